The topological polar surface area (TPSA) is 186 Å². The van der Waals surface area contributed by atoms with Crippen molar-refractivity contribution in [2.75, 3.05) is 19.5 Å². The number of hydrogen-bond acceptors (Lipinski definition) is 12. The van der Waals surface area contributed by atoms with Crippen LogP contribution < -0.4 is 45.7 Å². The number of carboxylic acids is 1. The number of thiazole rings is 1. The van der Waals surface area contributed by atoms with Gasteiger partial charge in [-0.15, -0.1) is 11.3 Å². The van der Waals surface area contributed by atoms with Crippen molar-refractivity contribution < 1.29 is 68.3 Å². The van der Waals surface area contributed by atoms with Gasteiger partial charge in [0.2, 0.25) is 0 Å². The van der Waals surface area contributed by atoms with Crippen molar-refractivity contribution in [3.8, 4) is 0 Å². The number of aromatic nitrogens is 1. The molecule has 2 atom stereocenters. The molecule has 2 aliphatic heterocycles. The van der Waals surface area contributed by atoms with E-state index in [0.717, 1.165) is 11.3 Å². The fraction of sp³-hybridized carbons (Fsp3) is 0.429. The number of oxime groups is 1. The van der Waals surface area contributed by atoms with Crippen LogP contribution in [0, 0.1) is 0 Å². The molecule has 3 N–H and O–H groups in total. The van der Waals surface area contributed by atoms with Crippen LogP contribution in [0.15, 0.2) is 10.5 Å². The molecule has 2 fully saturated rings. The van der Waals surface area contributed by atoms with E-state index in [1.165, 1.54) is 12.5 Å². The van der Waals surface area contributed by atoms with Crippen molar-refractivity contribution in [1.29, 1.82) is 0 Å². The van der Waals surface area contributed by atoms with E-state index in [2.05, 4.69) is 20.3 Å². The number of esters is 1. The first-order chi connectivity index (χ1) is 13.3. The summed E-state index contributed by atoms with van der Waals surface area (Å²) in [6.07, 6.45) is -0.566. The third kappa shape index (κ3) is 4.35. The largest absolute Gasteiger partial charge is 1.00 e. The molecule has 29 heavy (non-hydrogen) atoms. The zero-order chi connectivity index (χ0) is 20.5. The summed E-state index contributed by atoms with van der Waals surface area (Å²) in [7, 11) is 1.21. The van der Waals surface area contributed by atoms with Crippen LogP contribution in [-0.4, -0.2) is 65.0 Å². The third-order valence-corrected chi connectivity index (χ3v) is 4.61. The SMILES string of the molecule is CO/N=C(\C(=O)N[C@H]1CON(C2(C(=O)[O-])CCC(=O)O2)C1=O)c1csc(N)n1.[Na+]. The Kier molecular flexibility index (Phi) is 7.18. The van der Waals surface area contributed by atoms with Gasteiger partial charge in [-0.2, -0.15) is 5.06 Å². The summed E-state index contributed by atoms with van der Waals surface area (Å²) >= 11 is 1.07. The summed E-state index contributed by atoms with van der Waals surface area (Å²) in [6.45, 7) is -0.392. The summed E-state index contributed by atoms with van der Waals surface area (Å²) in [4.78, 5) is 61.6. The first-order valence-electron chi connectivity index (χ1n) is 7.82. The van der Waals surface area contributed by atoms with E-state index in [1.54, 1.807) is 0 Å². The first kappa shape index (κ1) is 23.0. The maximum atomic E-state index is 12.6. The minimum atomic E-state index is -2.37. The molecule has 2 aliphatic rings. The zero-order valence-electron chi connectivity index (χ0n) is 15.4. The van der Waals surface area contributed by atoms with E-state index in [9.17, 15) is 24.3 Å². The van der Waals surface area contributed by atoms with E-state index in [4.69, 9.17) is 15.3 Å². The number of hydrogen-bond donors (Lipinski definition) is 2. The van der Waals surface area contributed by atoms with Crippen LogP contribution in [0.3, 0.4) is 0 Å². The quantitative estimate of drug-likeness (QED) is 0.189. The molecule has 2 saturated heterocycles. The molecule has 0 spiro atoms. The number of ether oxygens (including phenoxy) is 1. The number of rotatable bonds is 6. The summed E-state index contributed by atoms with van der Waals surface area (Å²) in [6, 6.07) is -1.26. The van der Waals surface area contributed by atoms with Gasteiger partial charge in [0.05, 0.1) is 6.42 Å². The number of cyclic esters (lactones) is 1. The van der Waals surface area contributed by atoms with E-state index >= 15 is 0 Å². The number of nitrogens with zero attached hydrogens (tertiary/aromatic N) is 3. The minimum absolute atomic E-state index is 0. The summed E-state index contributed by atoms with van der Waals surface area (Å²) in [5, 5.41) is 19.5. The normalized spacial score (nSPS) is 24.1. The second kappa shape index (κ2) is 9.04. The zero-order valence-corrected chi connectivity index (χ0v) is 18.2. The number of nitrogens with two attached hydrogens (primary N) is 1. The van der Waals surface area contributed by atoms with Crippen molar-refractivity contribution in [3.05, 3.63) is 11.1 Å². The minimum Gasteiger partial charge on any atom is -0.544 e. The number of carbonyl (C=O) groups excluding carboxylic acids is 4. The Hall–Kier alpha value is -2.26. The molecule has 1 aromatic heterocycles. The van der Waals surface area contributed by atoms with Gasteiger partial charge < -0.3 is 30.5 Å². The molecular formula is C14H14N5NaO8S. The van der Waals surface area contributed by atoms with Gasteiger partial charge in [0.25, 0.3) is 17.5 Å². The molecule has 150 valence electrons. The number of anilines is 1. The molecule has 15 heteroatoms. The average Bonchev–Trinajstić information content (AvgIpc) is 3.33. The Morgan fingerprint density at radius 2 is 2.24 bits per heavy atom. The Labute approximate surface area is 189 Å². The molecular weight excluding hydrogens is 421 g/mol. The van der Waals surface area contributed by atoms with E-state index in [0.29, 0.717) is 5.06 Å². The molecule has 0 bridgehead atoms. The number of nitrogens with one attached hydrogen (secondary N) is 1. The third-order valence-electron chi connectivity index (χ3n) is 3.93. The van der Waals surface area contributed by atoms with Gasteiger partial charge in [-0.1, -0.05) is 5.16 Å². The first-order valence-corrected chi connectivity index (χ1v) is 8.70. The van der Waals surface area contributed by atoms with Crippen LogP contribution in [-0.2, 0) is 33.6 Å². The van der Waals surface area contributed by atoms with Crippen LogP contribution in [0.5, 0.6) is 0 Å². The molecule has 13 nitrogen and oxygen atoms in total. The molecule has 1 unspecified atom stereocenters. The summed E-state index contributed by atoms with van der Waals surface area (Å²) in [5.74, 6) is -4.38. The predicted molar refractivity (Wildman–Crippen MR) is 87.9 cm³/mol. The maximum Gasteiger partial charge on any atom is 1.00 e. The fourth-order valence-corrected chi connectivity index (χ4v) is 3.21. The van der Waals surface area contributed by atoms with Crippen LogP contribution in [0.1, 0.15) is 18.5 Å². The van der Waals surface area contributed by atoms with Crippen molar-refractivity contribution >= 4 is 45.9 Å². The Morgan fingerprint density at radius 3 is 2.76 bits per heavy atom. The van der Waals surface area contributed by atoms with Crippen LogP contribution in [0.2, 0.25) is 0 Å². The van der Waals surface area contributed by atoms with Crippen molar-refractivity contribution in [2.45, 2.75) is 24.6 Å². The number of hydroxylamine groups is 2. The second-order valence-corrected chi connectivity index (χ2v) is 6.58. The van der Waals surface area contributed by atoms with E-state index in [-0.39, 0.29) is 58.9 Å². The number of nitrogen functional groups attached to an aromatic ring is 1. The molecule has 0 radical (unpaired) electrons. The van der Waals surface area contributed by atoms with Gasteiger partial charge in [-0.3, -0.25) is 19.2 Å². The smallest absolute Gasteiger partial charge is 0.544 e. The number of carboxylic acid groups (broad SMARTS) is 1. The molecule has 0 aromatic carbocycles. The summed E-state index contributed by atoms with van der Waals surface area (Å²) < 4.78 is 4.78. The van der Waals surface area contributed by atoms with Crippen LogP contribution in [0.4, 0.5) is 5.13 Å². The molecule has 3 heterocycles. The van der Waals surface area contributed by atoms with Gasteiger partial charge in [-0.05, 0) is 0 Å². The van der Waals surface area contributed by atoms with Gasteiger partial charge in [0.15, 0.2) is 10.8 Å². The van der Waals surface area contributed by atoms with E-state index < -0.39 is 42.1 Å². The molecule has 3 rings (SSSR count). The van der Waals surface area contributed by atoms with Crippen molar-refractivity contribution in [3.63, 3.8) is 0 Å². The van der Waals surface area contributed by atoms with Gasteiger partial charge in [0.1, 0.15) is 31.4 Å². The molecule has 0 aliphatic carbocycles. The summed E-state index contributed by atoms with van der Waals surface area (Å²) in [5.41, 5.74) is 3.04. The van der Waals surface area contributed by atoms with Gasteiger partial charge in [-0.25, -0.2) is 4.98 Å². The van der Waals surface area contributed by atoms with E-state index in [1.807, 2.05) is 0 Å². The molecule has 1 aromatic rings. The number of carbonyl (C=O) groups is 4. The standard InChI is InChI=1S/C14H15N5O8S.Na/c1-25-18-9(7-5-28-13(15)17-7)10(21)16-6-4-26-19(11(6)22)14(12(23)24)3-2-8(20)27-14;/h5-6H,2-4H2,1H3,(H2,15,17)(H,16,21)(H,23,24);/q;+1/p-1/b18-9-;/t6-,14?;/m0./s1. The van der Waals surface area contributed by atoms with Crippen molar-refractivity contribution in [2.24, 2.45) is 5.16 Å². The fourth-order valence-electron chi connectivity index (χ4n) is 2.66. The van der Waals surface area contributed by atoms with Crippen LogP contribution >= 0.6 is 11.3 Å². The Balaban J connectivity index is 0.00000300. The number of amides is 2. The Morgan fingerprint density at radius 1 is 1.52 bits per heavy atom. The maximum absolute atomic E-state index is 12.6. The second-order valence-electron chi connectivity index (χ2n) is 5.69. The monoisotopic (exact) mass is 435 g/mol. The molecule has 2 amide bonds. The average molecular weight is 435 g/mol. The van der Waals surface area contributed by atoms with Gasteiger partial charge in [0, 0.05) is 11.8 Å². The number of aliphatic carboxylic acids is 1. The van der Waals surface area contributed by atoms with Crippen molar-refractivity contribution in [1.82, 2.24) is 15.4 Å². The predicted octanol–water partition coefficient (Wildman–Crippen LogP) is -5.88. The Bertz CT molecular complexity index is 876. The van der Waals surface area contributed by atoms with Crippen LogP contribution in [0.25, 0.3) is 0 Å². The van der Waals surface area contributed by atoms with Gasteiger partial charge >= 0.3 is 35.5 Å². The molecule has 0 saturated carbocycles.